The molecule has 96 valence electrons. The van der Waals surface area contributed by atoms with Gasteiger partial charge >= 0.3 is 0 Å². The number of pyridine rings is 1. The number of hydrogen-bond acceptors (Lipinski definition) is 4. The molecule has 5 heteroatoms. The number of nitrogens with one attached hydrogen (secondary N) is 1. The van der Waals surface area contributed by atoms with Crippen molar-refractivity contribution in [3.05, 3.63) is 62.9 Å². The molecule has 2 aromatic heterocycles. The van der Waals surface area contributed by atoms with Crippen LogP contribution in [0.5, 0.6) is 0 Å². The van der Waals surface area contributed by atoms with E-state index in [2.05, 4.69) is 44.5 Å². The first-order valence-electron chi connectivity index (χ1n) is 5.84. The summed E-state index contributed by atoms with van der Waals surface area (Å²) in [6, 6.07) is 12.1. The van der Waals surface area contributed by atoms with E-state index in [1.807, 2.05) is 29.8 Å². The highest BCUT2D eigenvalue weighted by molar-refractivity contribution is 9.10. The van der Waals surface area contributed by atoms with Crippen molar-refractivity contribution < 1.29 is 0 Å². The zero-order chi connectivity index (χ0) is 13.2. The van der Waals surface area contributed by atoms with Gasteiger partial charge in [-0.1, -0.05) is 24.3 Å². The van der Waals surface area contributed by atoms with E-state index in [4.69, 9.17) is 5.84 Å². The van der Waals surface area contributed by atoms with Gasteiger partial charge < -0.3 is 0 Å². The fraction of sp³-hybridized carbons (Fsp3) is 0.0714. The third kappa shape index (κ3) is 2.30. The van der Waals surface area contributed by atoms with Gasteiger partial charge in [0.2, 0.25) is 0 Å². The van der Waals surface area contributed by atoms with Crippen molar-refractivity contribution in [1.82, 2.24) is 10.4 Å². The van der Waals surface area contributed by atoms with Gasteiger partial charge in [0.05, 0.1) is 11.6 Å². The van der Waals surface area contributed by atoms with Crippen molar-refractivity contribution in [2.75, 3.05) is 0 Å². The number of rotatable bonds is 3. The first kappa shape index (κ1) is 12.7. The van der Waals surface area contributed by atoms with Crippen LogP contribution in [0.25, 0.3) is 10.9 Å². The summed E-state index contributed by atoms with van der Waals surface area (Å²) in [4.78, 5) is 5.64. The molecule has 3 nitrogen and oxygen atoms in total. The Labute approximate surface area is 123 Å². The first-order valence-corrected chi connectivity index (χ1v) is 7.51. The van der Waals surface area contributed by atoms with Gasteiger partial charge in [0.1, 0.15) is 0 Å². The Kier molecular flexibility index (Phi) is 3.61. The van der Waals surface area contributed by atoms with Crippen LogP contribution in [0.4, 0.5) is 0 Å². The van der Waals surface area contributed by atoms with Gasteiger partial charge in [0.25, 0.3) is 0 Å². The molecule has 3 rings (SSSR count). The van der Waals surface area contributed by atoms with E-state index in [1.54, 1.807) is 11.3 Å². The van der Waals surface area contributed by atoms with E-state index in [1.165, 1.54) is 0 Å². The van der Waals surface area contributed by atoms with Gasteiger partial charge in [-0.3, -0.25) is 10.8 Å². The van der Waals surface area contributed by atoms with Gasteiger partial charge in [-0.15, -0.1) is 11.3 Å². The zero-order valence-corrected chi connectivity index (χ0v) is 12.4. The lowest BCUT2D eigenvalue weighted by Gasteiger charge is -2.17. The minimum atomic E-state index is -0.0621. The Morgan fingerprint density at radius 2 is 2.05 bits per heavy atom. The van der Waals surface area contributed by atoms with E-state index < -0.39 is 0 Å². The van der Waals surface area contributed by atoms with Crippen LogP contribution >= 0.6 is 27.3 Å². The molecule has 0 amide bonds. The molecule has 0 saturated heterocycles. The molecule has 3 N–H and O–H groups in total. The lowest BCUT2D eigenvalue weighted by Crippen LogP contribution is -2.28. The molecule has 0 aliphatic rings. The smallest absolute Gasteiger partial charge is 0.0834 e. The minimum absolute atomic E-state index is 0.0621. The maximum Gasteiger partial charge on any atom is 0.0834 e. The fourth-order valence-electron chi connectivity index (χ4n) is 2.18. The summed E-state index contributed by atoms with van der Waals surface area (Å²) in [5.74, 6) is 5.76. The molecule has 3 aromatic rings. The molecule has 19 heavy (non-hydrogen) atoms. The second kappa shape index (κ2) is 5.38. The quantitative estimate of drug-likeness (QED) is 0.568. The fourth-order valence-corrected chi connectivity index (χ4v) is 3.86. The van der Waals surface area contributed by atoms with Crippen LogP contribution in [-0.2, 0) is 0 Å². The lowest BCUT2D eigenvalue weighted by molar-refractivity contribution is 0.648. The second-order valence-electron chi connectivity index (χ2n) is 4.15. The van der Waals surface area contributed by atoms with Gasteiger partial charge in [-0.25, -0.2) is 5.43 Å². The van der Waals surface area contributed by atoms with Crippen molar-refractivity contribution in [3.63, 3.8) is 0 Å². The van der Waals surface area contributed by atoms with Crippen LogP contribution in [0.3, 0.4) is 0 Å². The number of thiophene rings is 1. The predicted octanol–water partition coefficient (Wildman–Crippen LogP) is 3.61. The van der Waals surface area contributed by atoms with Gasteiger partial charge in [-0.05, 0) is 33.4 Å². The summed E-state index contributed by atoms with van der Waals surface area (Å²) in [7, 11) is 0. The third-order valence-electron chi connectivity index (χ3n) is 3.05. The molecule has 0 bridgehead atoms. The molecular weight excluding hydrogens is 322 g/mol. The van der Waals surface area contributed by atoms with Crippen LogP contribution in [0.1, 0.15) is 16.5 Å². The number of fused-ring (bicyclic) bond motifs is 1. The van der Waals surface area contributed by atoms with Crippen molar-refractivity contribution in [1.29, 1.82) is 0 Å². The summed E-state index contributed by atoms with van der Waals surface area (Å²) >= 11 is 5.23. The normalized spacial score (nSPS) is 12.7. The summed E-state index contributed by atoms with van der Waals surface area (Å²) in [5.41, 5.74) is 4.96. The Bertz CT molecular complexity index is 705. The summed E-state index contributed by atoms with van der Waals surface area (Å²) in [6.07, 6.45) is 1.81. The van der Waals surface area contributed by atoms with Crippen LogP contribution in [0.15, 0.2) is 52.4 Å². The Hall–Kier alpha value is -1.27. The summed E-state index contributed by atoms with van der Waals surface area (Å²) < 4.78 is 1.06. The Morgan fingerprint density at radius 3 is 2.79 bits per heavy atom. The number of halogens is 1. The number of nitrogens with two attached hydrogens (primary N) is 1. The predicted molar refractivity (Wildman–Crippen MR) is 82.9 cm³/mol. The number of benzene rings is 1. The van der Waals surface area contributed by atoms with E-state index in [-0.39, 0.29) is 6.04 Å². The van der Waals surface area contributed by atoms with E-state index in [0.29, 0.717) is 0 Å². The molecular formula is C14H12BrN3S. The SMILES string of the molecule is NNC(c1sccc1Br)c1cccc2cccnc12. The maximum atomic E-state index is 5.76. The van der Waals surface area contributed by atoms with Gasteiger partial charge in [0, 0.05) is 26.5 Å². The first-order chi connectivity index (χ1) is 9.31. The average molecular weight is 334 g/mol. The number of nitrogens with zero attached hydrogens (tertiary/aromatic N) is 1. The van der Waals surface area contributed by atoms with E-state index in [9.17, 15) is 0 Å². The molecule has 0 saturated carbocycles. The molecule has 0 spiro atoms. The van der Waals surface area contributed by atoms with E-state index >= 15 is 0 Å². The zero-order valence-electron chi connectivity index (χ0n) is 10.0. The van der Waals surface area contributed by atoms with Crippen LogP contribution in [0, 0.1) is 0 Å². The van der Waals surface area contributed by atoms with Crippen LogP contribution in [-0.4, -0.2) is 4.98 Å². The maximum absolute atomic E-state index is 5.76. The summed E-state index contributed by atoms with van der Waals surface area (Å²) in [5, 5.41) is 3.16. The van der Waals surface area contributed by atoms with Crippen LogP contribution in [0.2, 0.25) is 0 Å². The summed E-state index contributed by atoms with van der Waals surface area (Å²) in [6.45, 7) is 0. The lowest BCUT2D eigenvalue weighted by atomic mass is 10.0. The Balaban J connectivity index is 2.20. The second-order valence-corrected chi connectivity index (χ2v) is 5.96. The van der Waals surface area contributed by atoms with Crippen molar-refractivity contribution in [2.45, 2.75) is 6.04 Å². The Morgan fingerprint density at radius 1 is 1.21 bits per heavy atom. The molecule has 2 heterocycles. The number of hydrazine groups is 1. The molecule has 1 aromatic carbocycles. The number of para-hydroxylation sites is 1. The van der Waals surface area contributed by atoms with E-state index in [0.717, 1.165) is 25.8 Å². The average Bonchev–Trinajstić information content (AvgIpc) is 2.86. The molecule has 1 atom stereocenters. The highest BCUT2D eigenvalue weighted by atomic mass is 79.9. The minimum Gasteiger partial charge on any atom is -0.271 e. The van der Waals surface area contributed by atoms with Gasteiger partial charge in [0.15, 0.2) is 0 Å². The molecule has 1 unspecified atom stereocenters. The highest BCUT2D eigenvalue weighted by Gasteiger charge is 2.19. The number of hydrogen-bond donors (Lipinski definition) is 2. The standard InChI is InChI=1S/C14H12BrN3S/c15-11-6-8-19-14(11)13(18-16)10-5-1-3-9-4-2-7-17-12(9)10/h1-8,13,18H,16H2. The molecule has 0 aliphatic carbocycles. The van der Waals surface area contributed by atoms with Crippen molar-refractivity contribution in [3.8, 4) is 0 Å². The van der Waals surface area contributed by atoms with Gasteiger partial charge in [-0.2, -0.15) is 0 Å². The van der Waals surface area contributed by atoms with Crippen molar-refractivity contribution in [2.24, 2.45) is 5.84 Å². The largest absolute Gasteiger partial charge is 0.271 e. The number of aromatic nitrogens is 1. The monoisotopic (exact) mass is 333 g/mol. The highest BCUT2D eigenvalue weighted by Crippen LogP contribution is 2.34. The molecule has 0 radical (unpaired) electrons. The topological polar surface area (TPSA) is 50.9 Å². The molecule has 0 aliphatic heterocycles. The van der Waals surface area contributed by atoms with Crippen molar-refractivity contribution >= 4 is 38.2 Å². The third-order valence-corrected chi connectivity index (χ3v) is 4.98. The molecule has 0 fully saturated rings. The van der Waals surface area contributed by atoms with Crippen LogP contribution < -0.4 is 11.3 Å².